The van der Waals surface area contributed by atoms with Crippen molar-refractivity contribution < 1.29 is 0 Å². The highest BCUT2D eigenvalue weighted by atomic mass is 79.9. The third kappa shape index (κ3) is 2.66. The molecule has 3 aromatic rings. The first kappa shape index (κ1) is 13.1. The number of hydrogen-bond donors (Lipinski definition) is 0. The van der Waals surface area contributed by atoms with Crippen LogP contribution in [0.1, 0.15) is 5.56 Å². The highest BCUT2D eigenvalue weighted by Gasteiger charge is 2.05. The molecule has 0 unspecified atom stereocenters. The summed E-state index contributed by atoms with van der Waals surface area (Å²) < 4.78 is 1.07. The van der Waals surface area contributed by atoms with Crippen molar-refractivity contribution in [3.05, 3.63) is 76.8 Å². The van der Waals surface area contributed by atoms with E-state index in [1.54, 1.807) is 0 Å². The zero-order valence-corrected chi connectivity index (χ0v) is 12.8. The Labute approximate surface area is 127 Å². The zero-order valence-electron chi connectivity index (χ0n) is 11.2. The molecule has 0 radical (unpaired) electrons. The summed E-state index contributed by atoms with van der Waals surface area (Å²) in [5.41, 5.74) is 5.55. The average molecular weight is 324 g/mol. The van der Waals surface area contributed by atoms with Gasteiger partial charge >= 0.3 is 0 Å². The number of aromatic nitrogens is 1. The highest BCUT2D eigenvalue weighted by molar-refractivity contribution is 9.10. The van der Waals surface area contributed by atoms with Gasteiger partial charge in [0.15, 0.2) is 0 Å². The van der Waals surface area contributed by atoms with Crippen LogP contribution in [0, 0.1) is 6.92 Å². The maximum Gasteiger partial charge on any atom is 0.0712 e. The van der Waals surface area contributed by atoms with E-state index in [2.05, 4.69) is 71.4 Å². The molecule has 98 valence electrons. The predicted octanol–water partition coefficient (Wildman–Crippen LogP) is 5.49. The summed E-state index contributed by atoms with van der Waals surface area (Å²) in [6.45, 7) is 2.11. The Bertz CT molecular complexity index is 750. The number of hydrogen-bond acceptors (Lipinski definition) is 1. The lowest BCUT2D eigenvalue weighted by Crippen LogP contribution is -1.89. The van der Waals surface area contributed by atoms with Crippen LogP contribution in [0.25, 0.3) is 22.5 Å². The van der Waals surface area contributed by atoms with E-state index in [4.69, 9.17) is 4.98 Å². The summed E-state index contributed by atoms with van der Waals surface area (Å²) in [5.74, 6) is 0. The molecule has 2 heteroatoms. The van der Waals surface area contributed by atoms with Gasteiger partial charge in [0.05, 0.1) is 11.4 Å². The Balaban J connectivity index is 2.09. The molecule has 3 rings (SSSR count). The van der Waals surface area contributed by atoms with Crippen LogP contribution in [0.3, 0.4) is 0 Å². The number of aryl methyl sites for hydroxylation is 1. The summed E-state index contributed by atoms with van der Waals surface area (Å²) in [7, 11) is 0. The minimum Gasteiger partial charge on any atom is -0.248 e. The second-order valence-electron chi connectivity index (χ2n) is 4.73. The van der Waals surface area contributed by atoms with Gasteiger partial charge in [-0.05, 0) is 36.8 Å². The standard InChI is InChI=1S/C18H14BrN/c1-13-6-2-3-9-16(13)18-11-5-10-17(20-18)14-7-4-8-15(19)12-14/h2-12H,1H3. The first-order valence-corrected chi connectivity index (χ1v) is 7.32. The molecular formula is C18H14BrN. The average Bonchev–Trinajstić information content (AvgIpc) is 2.48. The summed E-state index contributed by atoms with van der Waals surface area (Å²) in [5, 5.41) is 0. The third-order valence-corrected chi connectivity index (χ3v) is 3.78. The van der Waals surface area contributed by atoms with Gasteiger partial charge in [-0.1, -0.05) is 58.4 Å². The van der Waals surface area contributed by atoms with Gasteiger partial charge in [0.1, 0.15) is 0 Å². The van der Waals surface area contributed by atoms with Gasteiger partial charge in [-0.2, -0.15) is 0 Å². The lowest BCUT2D eigenvalue weighted by molar-refractivity contribution is 1.30. The number of pyridine rings is 1. The number of rotatable bonds is 2. The SMILES string of the molecule is Cc1ccccc1-c1cccc(-c2cccc(Br)c2)n1. The second-order valence-corrected chi connectivity index (χ2v) is 5.65. The molecule has 1 nitrogen and oxygen atoms in total. The predicted molar refractivity (Wildman–Crippen MR) is 87.5 cm³/mol. The molecule has 0 amide bonds. The van der Waals surface area contributed by atoms with Crippen LogP contribution in [0.5, 0.6) is 0 Å². The van der Waals surface area contributed by atoms with Crippen LogP contribution in [-0.4, -0.2) is 4.98 Å². The smallest absolute Gasteiger partial charge is 0.0712 e. The lowest BCUT2D eigenvalue weighted by atomic mass is 10.0. The monoisotopic (exact) mass is 323 g/mol. The van der Waals surface area contributed by atoms with Crippen LogP contribution in [0.4, 0.5) is 0 Å². The van der Waals surface area contributed by atoms with E-state index in [1.807, 2.05) is 18.2 Å². The van der Waals surface area contributed by atoms with E-state index in [0.717, 1.165) is 21.4 Å². The Kier molecular flexibility index (Phi) is 3.66. The molecule has 0 aliphatic heterocycles. The Morgan fingerprint density at radius 3 is 2.35 bits per heavy atom. The molecule has 0 saturated carbocycles. The molecule has 0 aliphatic rings. The first-order valence-electron chi connectivity index (χ1n) is 6.53. The molecule has 2 aromatic carbocycles. The van der Waals surface area contributed by atoms with Gasteiger partial charge in [0.25, 0.3) is 0 Å². The van der Waals surface area contributed by atoms with Gasteiger partial charge in [-0.15, -0.1) is 0 Å². The summed E-state index contributed by atoms with van der Waals surface area (Å²) in [6, 6.07) is 22.7. The highest BCUT2D eigenvalue weighted by Crippen LogP contribution is 2.26. The third-order valence-electron chi connectivity index (χ3n) is 3.29. The Morgan fingerprint density at radius 1 is 0.800 bits per heavy atom. The topological polar surface area (TPSA) is 12.9 Å². The van der Waals surface area contributed by atoms with E-state index in [1.165, 1.54) is 11.1 Å². The van der Waals surface area contributed by atoms with Crippen LogP contribution in [-0.2, 0) is 0 Å². The van der Waals surface area contributed by atoms with Gasteiger partial charge < -0.3 is 0 Å². The number of halogens is 1. The molecule has 1 aromatic heterocycles. The fraction of sp³-hybridized carbons (Fsp3) is 0.0556. The van der Waals surface area contributed by atoms with Crippen molar-refractivity contribution in [1.29, 1.82) is 0 Å². The zero-order chi connectivity index (χ0) is 13.9. The summed E-state index contributed by atoms with van der Waals surface area (Å²) in [6.07, 6.45) is 0. The molecule has 0 spiro atoms. The summed E-state index contributed by atoms with van der Waals surface area (Å²) >= 11 is 3.51. The van der Waals surface area contributed by atoms with Crippen molar-refractivity contribution in [1.82, 2.24) is 4.98 Å². The van der Waals surface area contributed by atoms with E-state index in [0.29, 0.717) is 0 Å². The van der Waals surface area contributed by atoms with Crippen molar-refractivity contribution in [2.45, 2.75) is 6.92 Å². The maximum absolute atomic E-state index is 4.79. The number of nitrogens with zero attached hydrogens (tertiary/aromatic N) is 1. The Morgan fingerprint density at radius 2 is 1.55 bits per heavy atom. The van der Waals surface area contributed by atoms with Crippen LogP contribution >= 0.6 is 15.9 Å². The molecule has 0 aliphatic carbocycles. The van der Waals surface area contributed by atoms with E-state index < -0.39 is 0 Å². The van der Waals surface area contributed by atoms with E-state index in [9.17, 15) is 0 Å². The fourth-order valence-electron chi connectivity index (χ4n) is 2.25. The van der Waals surface area contributed by atoms with Gasteiger partial charge in [0.2, 0.25) is 0 Å². The Hall–Kier alpha value is -1.93. The van der Waals surface area contributed by atoms with Crippen molar-refractivity contribution in [3.8, 4) is 22.5 Å². The minimum absolute atomic E-state index is 0.993. The largest absolute Gasteiger partial charge is 0.248 e. The fourth-order valence-corrected chi connectivity index (χ4v) is 2.65. The molecule has 0 N–H and O–H groups in total. The maximum atomic E-state index is 4.79. The normalized spacial score (nSPS) is 10.5. The molecule has 0 atom stereocenters. The molecule has 0 fully saturated rings. The van der Waals surface area contributed by atoms with Crippen molar-refractivity contribution in [3.63, 3.8) is 0 Å². The summed E-state index contributed by atoms with van der Waals surface area (Å²) in [4.78, 5) is 4.79. The van der Waals surface area contributed by atoms with Crippen molar-refractivity contribution in [2.24, 2.45) is 0 Å². The quantitative estimate of drug-likeness (QED) is 0.608. The van der Waals surface area contributed by atoms with Crippen LogP contribution < -0.4 is 0 Å². The minimum atomic E-state index is 0.993. The molecular weight excluding hydrogens is 310 g/mol. The van der Waals surface area contributed by atoms with Gasteiger partial charge in [-0.25, -0.2) is 4.98 Å². The molecule has 0 saturated heterocycles. The van der Waals surface area contributed by atoms with Crippen molar-refractivity contribution >= 4 is 15.9 Å². The first-order chi connectivity index (χ1) is 9.74. The van der Waals surface area contributed by atoms with Crippen LogP contribution in [0.15, 0.2) is 71.2 Å². The van der Waals surface area contributed by atoms with Gasteiger partial charge in [0, 0.05) is 15.6 Å². The second kappa shape index (κ2) is 5.59. The number of benzene rings is 2. The van der Waals surface area contributed by atoms with E-state index in [-0.39, 0.29) is 0 Å². The lowest BCUT2D eigenvalue weighted by Gasteiger charge is -2.07. The molecule has 0 bridgehead atoms. The van der Waals surface area contributed by atoms with E-state index >= 15 is 0 Å². The molecule has 20 heavy (non-hydrogen) atoms. The van der Waals surface area contributed by atoms with Crippen molar-refractivity contribution in [2.75, 3.05) is 0 Å². The van der Waals surface area contributed by atoms with Crippen LogP contribution in [0.2, 0.25) is 0 Å². The molecule has 1 heterocycles. The van der Waals surface area contributed by atoms with Gasteiger partial charge in [-0.3, -0.25) is 0 Å².